The molecule has 5 heteroatoms. The van der Waals surface area contributed by atoms with E-state index in [-0.39, 0.29) is 5.91 Å². The first-order valence-electron chi connectivity index (χ1n) is 8.78. The molecular weight excluding hydrogens is 402 g/mol. The molecule has 138 valence electrons. The van der Waals surface area contributed by atoms with Crippen molar-refractivity contribution in [1.82, 2.24) is 0 Å². The first-order chi connectivity index (χ1) is 13.6. The normalized spacial score (nSPS) is 15.5. The van der Waals surface area contributed by atoms with Crippen LogP contribution in [0.25, 0.3) is 6.08 Å². The third-order valence-electron chi connectivity index (χ3n) is 4.24. The predicted octanol–water partition coefficient (Wildman–Crippen LogP) is 6.55. The van der Waals surface area contributed by atoms with E-state index in [2.05, 4.69) is 43.3 Å². The van der Waals surface area contributed by atoms with E-state index in [4.69, 9.17) is 12.2 Å². The van der Waals surface area contributed by atoms with Gasteiger partial charge in [-0.15, -0.1) is 0 Å². The molecule has 1 aliphatic rings. The number of carbonyl (C=O) groups is 1. The van der Waals surface area contributed by atoms with Crippen molar-refractivity contribution < 1.29 is 4.79 Å². The van der Waals surface area contributed by atoms with Crippen LogP contribution in [-0.4, -0.2) is 10.2 Å². The number of rotatable bonds is 4. The lowest BCUT2D eigenvalue weighted by Crippen LogP contribution is -2.27. The van der Waals surface area contributed by atoms with Crippen molar-refractivity contribution in [3.05, 3.63) is 94.9 Å². The Morgan fingerprint density at radius 3 is 2.14 bits per heavy atom. The van der Waals surface area contributed by atoms with Crippen LogP contribution in [0.3, 0.4) is 0 Å². The van der Waals surface area contributed by atoms with Gasteiger partial charge in [0.15, 0.2) is 4.32 Å². The largest absolute Gasteiger partial charge is 0.270 e. The summed E-state index contributed by atoms with van der Waals surface area (Å²) in [6.45, 7) is 2.09. The molecule has 0 radical (unpaired) electrons. The summed E-state index contributed by atoms with van der Waals surface area (Å²) >= 11 is 8.49. The summed E-state index contributed by atoms with van der Waals surface area (Å²) in [4.78, 5) is 17.4. The first-order valence-corrected chi connectivity index (χ1v) is 10.8. The summed E-state index contributed by atoms with van der Waals surface area (Å²) in [6, 6.07) is 26.2. The van der Waals surface area contributed by atoms with E-state index >= 15 is 0 Å². The Bertz CT molecular complexity index is 1040. The second-order valence-corrected chi connectivity index (χ2v) is 9.16. The van der Waals surface area contributed by atoms with Crippen LogP contribution in [0, 0.1) is 6.92 Å². The van der Waals surface area contributed by atoms with Gasteiger partial charge in [-0.3, -0.25) is 9.69 Å². The molecule has 0 unspecified atom stereocenters. The van der Waals surface area contributed by atoms with Gasteiger partial charge in [0.05, 0.1) is 10.6 Å². The number of amides is 1. The highest BCUT2D eigenvalue weighted by Crippen LogP contribution is 2.36. The zero-order chi connectivity index (χ0) is 19.5. The number of anilines is 1. The summed E-state index contributed by atoms with van der Waals surface area (Å²) in [5.41, 5.74) is 3.05. The molecule has 28 heavy (non-hydrogen) atoms. The molecule has 2 nitrogen and oxygen atoms in total. The van der Waals surface area contributed by atoms with Gasteiger partial charge in [0, 0.05) is 9.79 Å². The number of thiocarbonyl (C=S) groups is 1. The Morgan fingerprint density at radius 1 is 0.893 bits per heavy atom. The molecule has 0 N–H and O–H groups in total. The summed E-state index contributed by atoms with van der Waals surface area (Å²) in [5.74, 6) is -0.0701. The second-order valence-electron chi connectivity index (χ2n) is 6.34. The third-order valence-corrected chi connectivity index (χ3v) is 6.56. The lowest BCUT2D eigenvalue weighted by Gasteiger charge is -2.13. The molecule has 0 bridgehead atoms. The third kappa shape index (κ3) is 4.22. The lowest BCUT2D eigenvalue weighted by molar-refractivity contribution is -0.113. The maximum atomic E-state index is 12.8. The van der Waals surface area contributed by atoms with Crippen LogP contribution < -0.4 is 4.90 Å². The summed E-state index contributed by atoms with van der Waals surface area (Å²) in [7, 11) is 0. The Morgan fingerprint density at radius 2 is 1.50 bits per heavy atom. The molecule has 1 amide bonds. The average Bonchev–Trinajstić information content (AvgIpc) is 2.99. The molecule has 3 aromatic rings. The van der Waals surface area contributed by atoms with E-state index in [0.29, 0.717) is 9.23 Å². The first kappa shape index (κ1) is 19.0. The van der Waals surface area contributed by atoms with E-state index in [1.165, 1.54) is 22.2 Å². The number of hydrogen-bond donors (Lipinski definition) is 0. The second kappa shape index (κ2) is 8.35. The Hall–Kier alpha value is -2.34. The van der Waals surface area contributed by atoms with Gasteiger partial charge < -0.3 is 0 Å². The summed E-state index contributed by atoms with van der Waals surface area (Å²) in [5, 5.41) is 0. The van der Waals surface area contributed by atoms with Crippen LogP contribution in [-0.2, 0) is 4.79 Å². The maximum absolute atomic E-state index is 12.8. The Labute approximate surface area is 178 Å². The van der Waals surface area contributed by atoms with Crippen molar-refractivity contribution in [2.45, 2.75) is 16.7 Å². The minimum atomic E-state index is -0.0701. The SMILES string of the molecule is Cc1ccc(Sc2ccc(/C=C3\SC(=S)N(c4ccccc4)C3=O)cc2)cc1. The number of nitrogens with zero attached hydrogens (tertiary/aromatic N) is 1. The minimum absolute atomic E-state index is 0.0701. The predicted molar refractivity (Wildman–Crippen MR) is 124 cm³/mol. The standard InChI is InChI=1S/C23H17NOS3/c1-16-7-11-19(12-8-16)27-20-13-9-17(10-14-20)15-21-22(25)24(23(26)28-21)18-5-3-2-4-6-18/h2-15H,1H3/b21-15-. The maximum Gasteiger partial charge on any atom is 0.270 e. The van der Waals surface area contributed by atoms with Crippen LogP contribution in [0.15, 0.2) is 93.6 Å². The van der Waals surface area contributed by atoms with Crippen molar-refractivity contribution in [2.75, 3.05) is 4.90 Å². The highest BCUT2D eigenvalue weighted by Gasteiger charge is 2.33. The van der Waals surface area contributed by atoms with Crippen molar-refractivity contribution in [2.24, 2.45) is 0 Å². The molecule has 0 aliphatic carbocycles. The average molecular weight is 420 g/mol. The fourth-order valence-electron chi connectivity index (χ4n) is 2.79. The fraction of sp³-hybridized carbons (Fsp3) is 0.0435. The zero-order valence-corrected chi connectivity index (χ0v) is 17.6. The molecule has 1 aliphatic heterocycles. The number of hydrogen-bond acceptors (Lipinski definition) is 4. The number of para-hydroxylation sites is 1. The van der Waals surface area contributed by atoms with Gasteiger partial charge in [0.2, 0.25) is 0 Å². The van der Waals surface area contributed by atoms with Gasteiger partial charge in [0.25, 0.3) is 5.91 Å². The van der Waals surface area contributed by atoms with Gasteiger partial charge in [0.1, 0.15) is 0 Å². The van der Waals surface area contributed by atoms with Crippen LogP contribution in [0.5, 0.6) is 0 Å². The van der Waals surface area contributed by atoms with Crippen LogP contribution in [0.4, 0.5) is 5.69 Å². The Balaban J connectivity index is 1.50. The van der Waals surface area contributed by atoms with E-state index < -0.39 is 0 Å². The number of thioether (sulfide) groups is 1. The molecule has 3 aromatic carbocycles. The molecular formula is C23H17NOS3. The van der Waals surface area contributed by atoms with Gasteiger partial charge in [-0.2, -0.15) is 0 Å². The van der Waals surface area contributed by atoms with E-state index in [9.17, 15) is 4.79 Å². The topological polar surface area (TPSA) is 20.3 Å². The summed E-state index contributed by atoms with van der Waals surface area (Å²) < 4.78 is 0.564. The van der Waals surface area contributed by atoms with Crippen molar-refractivity contribution >= 4 is 57.7 Å². The van der Waals surface area contributed by atoms with E-state index in [1.54, 1.807) is 16.7 Å². The van der Waals surface area contributed by atoms with Crippen molar-refractivity contribution in [3.8, 4) is 0 Å². The van der Waals surface area contributed by atoms with Gasteiger partial charge in [-0.1, -0.05) is 83.8 Å². The number of aryl methyl sites for hydroxylation is 1. The highest BCUT2D eigenvalue weighted by atomic mass is 32.2. The smallest absolute Gasteiger partial charge is 0.268 e. The van der Waals surface area contributed by atoms with Gasteiger partial charge in [-0.05, 0) is 55.0 Å². The number of benzene rings is 3. The van der Waals surface area contributed by atoms with E-state index in [1.807, 2.05) is 48.5 Å². The van der Waals surface area contributed by atoms with Crippen molar-refractivity contribution in [3.63, 3.8) is 0 Å². The van der Waals surface area contributed by atoms with Gasteiger partial charge >= 0.3 is 0 Å². The van der Waals surface area contributed by atoms with E-state index in [0.717, 1.165) is 16.1 Å². The molecule has 1 saturated heterocycles. The Kier molecular flexibility index (Phi) is 5.67. The molecule has 0 aromatic heterocycles. The minimum Gasteiger partial charge on any atom is -0.268 e. The zero-order valence-electron chi connectivity index (χ0n) is 15.2. The monoisotopic (exact) mass is 419 g/mol. The quantitative estimate of drug-likeness (QED) is 0.353. The summed E-state index contributed by atoms with van der Waals surface area (Å²) in [6.07, 6.45) is 1.91. The van der Waals surface area contributed by atoms with Crippen LogP contribution in [0.2, 0.25) is 0 Å². The van der Waals surface area contributed by atoms with Crippen LogP contribution >= 0.6 is 35.7 Å². The molecule has 0 saturated carbocycles. The molecule has 0 spiro atoms. The lowest BCUT2D eigenvalue weighted by atomic mass is 10.2. The number of carbonyl (C=O) groups excluding carboxylic acids is 1. The highest BCUT2D eigenvalue weighted by molar-refractivity contribution is 8.27. The molecule has 4 rings (SSSR count). The molecule has 1 heterocycles. The van der Waals surface area contributed by atoms with Gasteiger partial charge in [-0.25, -0.2) is 0 Å². The molecule has 1 fully saturated rings. The van der Waals surface area contributed by atoms with Crippen LogP contribution in [0.1, 0.15) is 11.1 Å². The molecule has 0 atom stereocenters. The van der Waals surface area contributed by atoms with Crippen molar-refractivity contribution in [1.29, 1.82) is 0 Å². The fourth-order valence-corrected chi connectivity index (χ4v) is 4.91.